The van der Waals surface area contributed by atoms with Crippen molar-refractivity contribution in [3.8, 4) is 0 Å². The van der Waals surface area contributed by atoms with Crippen LogP contribution in [-0.2, 0) is 9.59 Å². The maximum absolute atomic E-state index is 13.1. The highest BCUT2D eigenvalue weighted by molar-refractivity contribution is 6.46. The first-order valence-corrected chi connectivity index (χ1v) is 12.5. The van der Waals surface area contributed by atoms with Gasteiger partial charge in [0.2, 0.25) is 0 Å². The summed E-state index contributed by atoms with van der Waals surface area (Å²) in [5.41, 5.74) is 2.44. The number of carbonyl (C=O) groups is 2. The number of aliphatic hydroxyl groups excluding tert-OH is 1. The highest BCUT2D eigenvalue weighted by atomic mass is 16.3. The number of carbonyl (C=O) groups excluding carboxylic acids is 2. The van der Waals surface area contributed by atoms with Gasteiger partial charge in [-0.3, -0.25) is 14.6 Å². The van der Waals surface area contributed by atoms with E-state index in [1.165, 1.54) is 0 Å². The molecule has 182 valence electrons. The third kappa shape index (κ3) is 6.11. The molecule has 0 bridgehead atoms. The van der Waals surface area contributed by atoms with Gasteiger partial charge in [-0.25, -0.2) is 0 Å². The second kappa shape index (κ2) is 12.5. The highest BCUT2D eigenvalue weighted by Gasteiger charge is 2.45. The molecule has 0 saturated carbocycles. The molecule has 2 heterocycles. The highest BCUT2D eigenvalue weighted by Crippen LogP contribution is 2.39. The molecule has 1 fully saturated rings. The fourth-order valence-corrected chi connectivity index (χ4v) is 4.43. The fraction of sp³-hybridized carbons (Fsp3) is 0.464. The van der Waals surface area contributed by atoms with Gasteiger partial charge >= 0.3 is 0 Å². The average Bonchev–Trinajstić information content (AvgIpc) is 3.11. The maximum atomic E-state index is 13.1. The zero-order chi connectivity index (χ0) is 24.5. The van der Waals surface area contributed by atoms with Crippen LogP contribution in [0, 0.1) is 6.92 Å². The number of pyridine rings is 1. The van der Waals surface area contributed by atoms with Crippen LogP contribution in [0.5, 0.6) is 0 Å². The molecule has 1 aromatic heterocycles. The van der Waals surface area contributed by atoms with Crippen LogP contribution in [0.3, 0.4) is 0 Å². The normalized spacial score (nSPS) is 17.6. The Labute approximate surface area is 203 Å². The summed E-state index contributed by atoms with van der Waals surface area (Å²) in [7, 11) is 0. The molecular formula is C28H37N3O3. The molecule has 0 radical (unpaired) electrons. The molecule has 34 heavy (non-hydrogen) atoms. The average molecular weight is 464 g/mol. The van der Waals surface area contributed by atoms with E-state index in [2.05, 4.69) is 23.7 Å². The monoisotopic (exact) mass is 463 g/mol. The number of aromatic nitrogens is 1. The number of amides is 1. The molecule has 3 rings (SSSR count). The minimum Gasteiger partial charge on any atom is -0.507 e. The predicted molar refractivity (Wildman–Crippen MR) is 135 cm³/mol. The lowest BCUT2D eigenvalue weighted by molar-refractivity contribution is -0.140. The molecule has 1 saturated heterocycles. The van der Waals surface area contributed by atoms with Crippen LogP contribution in [0.1, 0.15) is 68.7 Å². The van der Waals surface area contributed by atoms with Crippen molar-refractivity contribution in [1.29, 1.82) is 0 Å². The zero-order valence-electron chi connectivity index (χ0n) is 20.7. The Bertz CT molecular complexity index is 978. The van der Waals surface area contributed by atoms with E-state index in [0.29, 0.717) is 12.1 Å². The van der Waals surface area contributed by atoms with Crippen LogP contribution < -0.4 is 0 Å². The lowest BCUT2D eigenvalue weighted by atomic mass is 9.96. The van der Waals surface area contributed by atoms with Gasteiger partial charge in [-0.15, -0.1) is 0 Å². The summed E-state index contributed by atoms with van der Waals surface area (Å²) in [5.74, 6) is -1.33. The summed E-state index contributed by atoms with van der Waals surface area (Å²) >= 11 is 0. The number of benzene rings is 1. The summed E-state index contributed by atoms with van der Waals surface area (Å²) in [6, 6.07) is 10.3. The van der Waals surface area contributed by atoms with Crippen LogP contribution in [0.15, 0.2) is 54.4 Å². The Morgan fingerprint density at radius 1 is 1.00 bits per heavy atom. The number of Topliss-reactive ketones (excluding diaryl/α,β-unsaturated/α-hetero) is 1. The number of ketones is 1. The van der Waals surface area contributed by atoms with Crippen molar-refractivity contribution in [2.45, 2.75) is 58.9 Å². The van der Waals surface area contributed by atoms with Crippen molar-refractivity contribution < 1.29 is 14.7 Å². The number of likely N-dealkylation sites (tertiary alicyclic amines) is 1. The van der Waals surface area contributed by atoms with Crippen molar-refractivity contribution in [2.75, 3.05) is 26.2 Å². The molecule has 6 heteroatoms. The number of unbranched alkanes of at least 4 members (excludes halogenated alkanes) is 2. The summed E-state index contributed by atoms with van der Waals surface area (Å²) < 4.78 is 0. The summed E-state index contributed by atoms with van der Waals surface area (Å²) in [6.07, 6.45) is 8.70. The van der Waals surface area contributed by atoms with Crippen LogP contribution in [-0.4, -0.2) is 57.8 Å². The molecule has 0 aliphatic carbocycles. The zero-order valence-corrected chi connectivity index (χ0v) is 20.7. The van der Waals surface area contributed by atoms with Gasteiger partial charge in [-0.1, -0.05) is 62.6 Å². The van der Waals surface area contributed by atoms with Gasteiger partial charge in [0.25, 0.3) is 11.7 Å². The fourth-order valence-electron chi connectivity index (χ4n) is 4.43. The summed E-state index contributed by atoms with van der Waals surface area (Å²) in [6.45, 7) is 9.77. The van der Waals surface area contributed by atoms with Gasteiger partial charge < -0.3 is 14.9 Å². The van der Waals surface area contributed by atoms with Crippen molar-refractivity contribution in [3.05, 3.63) is 71.1 Å². The van der Waals surface area contributed by atoms with Crippen molar-refractivity contribution in [3.63, 3.8) is 0 Å². The standard InChI is InChI=1S/C28H37N3O3/c1-4-6-16-30(17-7-5-2)18-9-19-31-25(23-10-8-15-29-20-23)24(27(33)28(31)34)26(32)22-13-11-21(3)12-14-22/h8,10-15,20,25,32H,4-7,9,16-19H2,1-3H3/b26-24-. The maximum Gasteiger partial charge on any atom is 0.295 e. The molecule has 0 spiro atoms. The van der Waals surface area contributed by atoms with Crippen molar-refractivity contribution >= 4 is 17.4 Å². The molecule has 1 aromatic carbocycles. The van der Waals surface area contributed by atoms with Gasteiger partial charge in [-0.2, -0.15) is 0 Å². The SMILES string of the molecule is CCCCN(CCCC)CCCN1C(=O)C(=O)/C(=C(\O)c2ccc(C)cc2)C1c1cccnc1. The first-order chi connectivity index (χ1) is 16.5. The molecule has 1 aliphatic rings. The Morgan fingerprint density at radius 3 is 2.24 bits per heavy atom. The number of rotatable bonds is 12. The van der Waals surface area contributed by atoms with E-state index in [1.54, 1.807) is 35.5 Å². The molecule has 1 N–H and O–H groups in total. The van der Waals surface area contributed by atoms with E-state index in [0.717, 1.165) is 62.9 Å². The van der Waals surface area contributed by atoms with Crippen molar-refractivity contribution in [2.24, 2.45) is 0 Å². The topological polar surface area (TPSA) is 73.7 Å². The van der Waals surface area contributed by atoms with Crippen LogP contribution in [0.2, 0.25) is 0 Å². The third-order valence-corrected chi connectivity index (χ3v) is 6.39. The van der Waals surface area contributed by atoms with Gasteiger partial charge in [0.1, 0.15) is 5.76 Å². The largest absolute Gasteiger partial charge is 0.507 e. The Hall–Kier alpha value is -2.99. The molecule has 2 aromatic rings. The minimum atomic E-state index is -0.644. The lowest BCUT2D eigenvalue weighted by Crippen LogP contribution is -2.34. The lowest BCUT2D eigenvalue weighted by Gasteiger charge is -2.27. The Kier molecular flexibility index (Phi) is 9.40. The molecular weight excluding hydrogens is 426 g/mol. The first-order valence-electron chi connectivity index (χ1n) is 12.5. The first kappa shape index (κ1) is 25.6. The van der Waals surface area contributed by atoms with Crippen LogP contribution in [0.25, 0.3) is 5.76 Å². The predicted octanol–water partition coefficient (Wildman–Crippen LogP) is 5.10. The van der Waals surface area contributed by atoms with E-state index in [1.807, 2.05) is 25.1 Å². The minimum absolute atomic E-state index is 0.135. The molecule has 1 amide bonds. The number of aliphatic hydroxyl groups is 1. The second-order valence-corrected chi connectivity index (χ2v) is 9.05. The van der Waals surface area contributed by atoms with Crippen LogP contribution >= 0.6 is 0 Å². The van der Waals surface area contributed by atoms with E-state index < -0.39 is 17.7 Å². The van der Waals surface area contributed by atoms with Crippen LogP contribution in [0.4, 0.5) is 0 Å². The quantitative estimate of drug-likeness (QED) is 0.269. The van der Waals surface area contributed by atoms with E-state index in [4.69, 9.17) is 0 Å². The van der Waals surface area contributed by atoms with Gasteiger partial charge in [0.15, 0.2) is 0 Å². The van der Waals surface area contributed by atoms with Crippen molar-refractivity contribution in [1.82, 2.24) is 14.8 Å². The third-order valence-electron chi connectivity index (χ3n) is 6.39. The summed E-state index contributed by atoms with van der Waals surface area (Å²) in [5, 5.41) is 11.1. The van der Waals surface area contributed by atoms with Gasteiger partial charge in [0.05, 0.1) is 11.6 Å². The number of nitrogens with zero attached hydrogens (tertiary/aromatic N) is 3. The second-order valence-electron chi connectivity index (χ2n) is 9.05. The smallest absolute Gasteiger partial charge is 0.295 e. The number of hydrogen-bond donors (Lipinski definition) is 1. The molecule has 1 aliphatic heterocycles. The van der Waals surface area contributed by atoms with Gasteiger partial charge in [0, 0.05) is 24.5 Å². The Morgan fingerprint density at radius 2 is 1.65 bits per heavy atom. The Balaban J connectivity index is 1.87. The molecule has 1 atom stereocenters. The molecule has 1 unspecified atom stereocenters. The van der Waals surface area contributed by atoms with Gasteiger partial charge in [-0.05, 0) is 57.5 Å². The van der Waals surface area contributed by atoms with E-state index in [-0.39, 0.29) is 11.3 Å². The number of aryl methyl sites for hydroxylation is 1. The number of hydrogen-bond acceptors (Lipinski definition) is 5. The summed E-state index contributed by atoms with van der Waals surface area (Å²) in [4.78, 5) is 34.5. The molecule has 6 nitrogen and oxygen atoms in total. The van der Waals surface area contributed by atoms with E-state index in [9.17, 15) is 14.7 Å². The van der Waals surface area contributed by atoms with E-state index >= 15 is 0 Å².